The highest BCUT2D eigenvalue weighted by molar-refractivity contribution is 5.46. The van der Waals surface area contributed by atoms with Gasteiger partial charge in [-0.25, -0.2) is 4.68 Å². The molecule has 1 aliphatic heterocycles. The van der Waals surface area contributed by atoms with Crippen LogP contribution in [0.15, 0.2) is 30.3 Å². The van der Waals surface area contributed by atoms with Crippen LogP contribution in [0.3, 0.4) is 0 Å². The van der Waals surface area contributed by atoms with E-state index in [2.05, 4.69) is 34.9 Å². The van der Waals surface area contributed by atoms with Gasteiger partial charge < -0.3 is 15.0 Å². The number of benzene rings is 1. The normalized spacial score (nSPS) is 16.6. The Bertz CT molecular complexity index is 721. The molecule has 1 unspecified atom stereocenters. The molecule has 0 amide bonds. The van der Waals surface area contributed by atoms with Gasteiger partial charge >= 0.3 is 6.36 Å². The Morgan fingerprint density at radius 2 is 1.85 bits per heavy atom. The van der Waals surface area contributed by atoms with Crippen LogP contribution in [0.25, 0.3) is 5.69 Å². The number of hydrogen-bond donors (Lipinski definition) is 1. The monoisotopic (exact) mass is 368 g/mol. The number of hydrogen-bond acceptors (Lipinski definition) is 4. The Morgan fingerprint density at radius 1 is 1.19 bits per heavy atom. The second-order valence-electron chi connectivity index (χ2n) is 6.43. The van der Waals surface area contributed by atoms with Gasteiger partial charge in [-0.1, -0.05) is 13.8 Å². The number of alkyl halides is 3. The van der Waals surface area contributed by atoms with E-state index in [0.29, 0.717) is 0 Å². The molecule has 1 saturated heterocycles. The molecule has 142 valence electrons. The van der Waals surface area contributed by atoms with E-state index in [0.717, 1.165) is 49.8 Å². The Hall–Kier alpha value is -2.22. The van der Waals surface area contributed by atoms with Gasteiger partial charge in [0, 0.05) is 37.9 Å². The largest absolute Gasteiger partial charge is 0.573 e. The van der Waals surface area contributed by atoms with Crippen LogP contribution in [0.5, 0.6) is 5.75 Å². The summed E-state index contributed by atoms with van der Waals surface area (Å²) in [5, 5.41) is 8.04. The standard InChI is InChI=1S/C18H23F3N4O/c1-3-13(2)16-12-17(24-10-8-22-9-11-24)23-25(16)14-4-6-15(7-5-14)26-18(19,20)21/h4-7,12-13,22H,3,8-11H2,1-2H3. The predicted octanol–water partition coefficient (Wildman–Crippen LogP) is 3.69. The smallest absolute Gasteiger partial charge is 0.406 e. The van der Waals surface area contributed by atoms with Gasteiger partial charge in [0.1, 0.15) is 5.75 Å². The summed E-state index contributed by atoms with van der Waals surface area (Å²) >= 11 is 0. The number of nitrogens with one attached hydrogen (secondary N) is 1. The maximum Gasteiger partial charge on any atom is 0.573 e. The van der Waals surface area contributed by atoms with Crippen LogP contribution in [0.4, 0.5) is 19.0 Å². The van der Waals surface area contributed by atoms with Gasteiger partial charge in [0.25, 0.3) is 0 Å². The molecule has 1 aromatic carbocycles. The van der Waals surface area contributed by atoms with Crippen molar-refractivity contribution < 1.29 is 17.9 Å². The van der Waals surface area contributed by atoms with Crippen molar-refractivity contribution in [2.45, 2.75) is 32.5 Å². The fourth-order valence-corrected chi connectivity index (χ4v) is 2.99. The molecule has 3 rings (SSSR count). The molecular formula is C18H23F3N4O. The van der Waals surface area contributed by atoms with E-state index in [1.165, 1.54) is 12.1 Å². The molecule has 1 aromatic heterocycles. The van der Waals surface area contributed by atoms with Gasteiger partial charge in [-0.05, 0) is 36.6 Å². The van der Waals surface area contributed by atoms with Gasteiger partial charge in [0.2, 0.25) is 0 Å². The molecule has 2 aromatic rings. The molecule has 2 heterocycles. The lowest BCUT2D eigenvalue weighted by atomic mass is 10.0. The number of nitrogens with zero attached hydrogens (tertiary/aromatic N) is 3. The van der Waals surface area contributed by atoms with Crippen LogP contribution in [-0.2, 0) is 0 Å². The predicted molar refractivity (Wildman–Crippen MR) is 94.0 cm³/mol. The van der Waals surface area contributed by atoms with E-state index in [-0.39, 0.29) is 11.7 Å². The summed E-state index contributed by atoms with van der Waals surface area (Å²) in [7, 11) is 0. The number of ether oxygens (including phenoxy) is 1. The summed E-state index contributed by atoms with van der Waals surface area (Å²) in [5.74, 6) is 0.948. The van der Waals surface area contributed by atoms with Crippen LogP contribution in [0, 0.1) is 0 Å². The minimum absolute atomic E-state index is 0.235. The first-order chi connectivity index (χ1) is 12.4. The molecule has 26 heavy (non-hydrogen) atoms. The lowest BCUT2D eigenvalue weighted by Gasteiger charge is -2.27. The summed E-state index contributed by atoms with van der Waals surface area (Å²) in [4.78, 5) is 2.22. The zero-order chi connectivity index (χ0) is 18.7. The quantitative estimate of drug-likeness (QED) is 0.874. The number of rotatable bonds is 5. The third-order valence-electron chi connectivity index (χ3n) is 4.60. The van der Waals surface area contributed by atoms with Crippen LogP contribution in [-0.4, -0.2) is 42.3 Å². The van der Waals surface area contributed by atoms with Crippen molar-refractivity contribution in [2.24, 2.45) is 0 Å². The zero-order valence-electron chi connectivity index (χ0n) is 14.9. The second-order valence-corrected chi connectivity index (χ2v) is 6.43. The molecule has 0 spiro atoms. The van der Waals surface area contributed by atoms with Crippen molar-refractivity contribution in [1.29, 1.82) is 0 Å². The fraction of sp³-hybridized carbons (Fsp3) is 0.500. The first-order valence-electron chi connectivity index (χ1n) is 8.79. The van der Waals surface area contributed by atoms with Gasteiger partial charge in [-0.2, -0.15) is 5.10 Å². The summed E-state index contributed by atoms with van der Waals surface area (Å²) in [6, 6.07) is 7.91. The maximum absolute atomic E-state index is 12.3. The minimum atomic E-state index is -4.69. The number of piperazine rings is 1. The minimum Gasteiger partial charge on any atom is -0.406 e. The molecule has 5 nitrogen and oxygen atoms in total. The molecule has 1 fully saturated rings. The molecule has 0 bridgehead atoms. The zero-order valence-corrected chi connectivity index (χ0v) is 14.9. The van der Waals surface area contributed by atoms with Crippen molar-refractivity contribution in [2.75, 3.05) is 31.1 Å². The molecule has 0 radical (unpaired) electrons. The van der Waals surface area contributed by atoms with Crippen molar-refractivity contribution in [3.63, 3.8) is 0 Å². The Balaban J connectivity index is 1.90. The molecule has 8 heteroatoms. The molecule has 1 atom stereocenters. The number of halogens is 3. The highest BCUT2D eigenvalue weighted by Gasteiger charge is 2.31. The highest BCUT2D eigenvalue weighted by atomic mass is 19.4. The van der Waals surface area contributed by atoms with Crippen molar-refractivity contribution in [3.8, 4) is 11.4 Å². The van der Waals surface area contributed by atoms with E-state index in [4.69, 9.17) is 5.10 Å². The summed E-state index contributed by atoms with van der Waals surface area (Å²) in [6.07, 6.45) is -3.74. The Labute approximate surface area is 150 Å². The average Bonchev–Trinajstić information content (AvgIpc) is 3.06. The average molecular weight is 368 g/mol. The van der Waals surface area contributed by atoms with Crippen LogP contribution < -0.4 is 15.0 Å². The van der Waals surface area contributed by atoms with E-state index in [1.807, 2.05) is 4.68 Å². The van der Waals surface area contributed by atoms with Crippen LogP contribution >= 0.6 is 0 Å². The van der Waals surface area contributed by atoms with Crippen molar-refractivity contribution >= 4 is 5.82 Å². The SMILES string of the molecule is CCC(C)c1cc(N2CCNCC2)nn1-c1ccc(OC(F)(F)F)cc1. The van der Waals surface area contributed by atoms with Crippen molar-refractivity contribution in [1.82, 2.24) is 15.1 Å². The number of anilines is 1. The highest BCUT2D eigenvalue weighted by Crippen LogP contribution is 2.29. The third-order valence-corrected chi connectivity index (χ3v) is 4.60. The van der Waals surface area contributed by atoms with Crippen LogP contribution in [0.1, 0.15) is 31.9 Å². The molecule has 0 aliphatic carbocycles. The molecular weight excluding hydrogens is 345 g/mol. The first-order valence-corrected chi connectivity index (χ1v) is 8.79. The molecule has 0 saturated carbocycles. The van der Waals surface area contributed by atoms with Crippen molar-refractivity contribution in [3.05, 3.63) is 36.0 Å². The second kappa shape index (κ2) is 7.57. The Kier molecular flexibility index (Phi) is 5.41. The Morgan fingerprint density at radius 3 is 2.42 bits per heavy atom. The van der Waals surface area contributed by atoms with E-state index >= 15 is 0 Å². The van der Waals surface area contributed by atoms with Gasteiger partial charge in [-0.3, -0.25) is 0 Å². The fourth-order valence-electron chi connectivity index (χ4n) is 2.99. The summed E-state index contributed by atoms with van der Waals surface area (Å²) in [6.45, 7) is 7.82. The summed E-state index contributed by atoms with van der Waals surface area (Å²) in [5.41, 5.74) is 1.77. The summed E-state index contributed by atoms with van der Waals surface area (Å²) < 4.78 is 42.8. The van der Waals surface area contributed by atoms with E-state index < -0.39 is 6.36 Å². The number of aromatic nitrogens is 2. The molecule has 1 N–H and O–H groups in total. The van der Waals surface area contributed by atoms with Gasteiger partial charge in [0.15, 0.2) is 5.82 Å². The maximum atomic E-state index is 12.3. The van der Waals surface area contributed by atoms with E-state index in [1.54, 1.807) is 12.1 Å². The lowest BCUT2D eigenvalue weighted by molar-refractivity contribution is -0.274. The molecule has 1 aliphatic rings. The van der Waals surface area contributed by atoms with Gasteiger partial charge in [-0.15, -0.1) is 13.2 Å². The topological polar surface area (TPSA) is 42.3 Å². The van der Waals surface area contributed by atoms with E-state index in [9.17, 15) is 13.2 Å². The van der Waals surface area contributed by atoms with Crippen LogP contribution in [0.2, 0.25) is 0 Å². The third kappa shape index (κ3) is 4.30. The van der Waals surface area contributed by atoms with Gasteiger partial charge in [0.05, 0.1) is 5.69 Å². The lowest BCUT2D eigenvalue weighted by Crippen LogP contribution is -2.43. The first kappa shape index (κ1) is 18.6.